The maximum atomic E-state index is 13.7. The van der Waals surface area contributed by atoms with Crippen LogP contribution in [0.15, 0.2) is 61.1 Å². The van der Waals surface area contributed by atoms with Gasteiger partial charge in [-0.25, -0.2) is 4.98 Å². The van der Waals surface area contributed by atoms with Crippen LogP contribution in [0.5, 0.6) is 0 Å². The maximum Gasteiger partial charge on any atom is 0.176 e. The van der Waals surface area contributed by atoms with Crippen LogP contribution in [0.1, 0.15) is 0 Å². The lowest BCUT2D eigenvalue weighted by atomic mass is 10.1. The zero-order valence-electron chi connectivity index (χ0n) is 18.4. The van der Waals surface area contributed by atoms with Gasteiger partial charge in [0.2, 0.25) is 0 Å². The van der Waals surface area contributed by atoms with Gasteiger partial charge >= 0.3 is 0 Å². The zero-order valence-corrected chi connectivity index (χ0v) is 19.2. The molecule has 1 aromatic carbocycles. The fraction of sp³-hybridized carbons (Fsp3) is 0.120. The van der Waals surface area contributed by atoms with Crippen molar-refractivity contribution in [1.29, 1.82) is 0 Å². The van der Waals surface area contributed by atoms with Crippen molar-refractivity contribution in [3.63, 3.8) is 0 Å². The van der Waals surface area contributed by atoms with Crippen LogP contribution in [-0.4, -0.2) is 49.3 Å². The number of thiophene rings is 1. The average Bonchev–Trinajstić information content (AvgIpc) is 3.59. The summed E-state index contributed by atoms with van der Waals surface area (Å²) in [5.74, 6) is 0.798. The molecule has 1 aliphatic heterocycles. The van der Waals surface area contributed by atoms with Crippen molar-refractivity contribution in [2.45, 2.75) is 6.04 Å². The molecule has 6 heterocycles. The van der Waals surface area contributed by atoms with E-state index in [1.807, 2.05) is 30.3 Å². The van der Waals surface area contributed by atoms with Gasteiger partial charge in [-0.3, -0.25) is 15.1 Å². The van der Waals surface area contributed by atoms with Gasteiger partial charge in [0.25, 0.3) is 0 Å². The number of hydrogen-bond donors (Lipinski definition) is 3. The monoisotopic (exact) mass is 482 g/mol. The molecule has 7 rings (SSSR count). The van der Waals surface area contributed by atoms with Gasteiger partial charge in [-0.2, -0.15) is 9.49 Å². The molecule has 5 aromatic heterocycles. The fourth-order valence-electron chi connectivity index (χ4n) is 4.55. The highest BCUT2D eigenvalue weighted by atomic mass is 32.1. The molecule has 0 aliphatic carbocycles. The summed E-state index contributed by atoms with van der Waals surface area (Å²) in [7, 11) is 0. The van der Waals surface area contributed by atoms with Crippen LogP contribution in [0, 0.1) is 5.13 Å². The summed E-state index contributed by atoms with van der Waals surface area (Å²) in [5, 5.41) is 9.38. The molecule has 10 heteroatoms. The Morgan fingerprint density at radius 1 is 1.00 bits per heavy atom. The van der Waals surface area contributed by atoms with Crippen LogP contribution in [0.4, 0.5) is 10.2 Å². The molecule has 172 valence electrons. The number of nitrogens with two attached hydrogens (primary N) is 1. The van der Waals surface area contributed by atoms with Crippen molar-refractivity contribution in [2.75, 3.05) is 18.0 Å². The van der Waals surface area contributed by atoms with Gasteiger partial charge in [0, 0.05) is 45.9 Å². The van der Waals surface area contributed by atoms with E-state index in [1.165, 1.54) is 6.07 Å². The third kappa shape index (κ3) is 3.37. The van der Waals surface area contributed by atoms with E-state index in [-0.39, 0.29) is 11.2 Å². The third-order valence-electron chi connectivity index (χ3n) is 6.32. The Kier molecular flexibility index (Phi) is 4.45. The normalized spacial score (nSPS) is 14.2. The first-order valence-electron chi connectivity index (χ1n) is 11.2. The molecule has 1 aliphatic rings. The lowest BCUT2D eigenvalue weighted by Gasteiger charge is -2.37. The summed E-state index contributed by atoms with van der Waals surface area (Å²) >= 11 is 1.14. The molecular formula is C25H19FN8S. The molecule has 0 unspecified atom stereocenters. The van der Waals surface area contributed by atoms with Gasteiger partial charge in [-0.1, -0.05) is 12.1 Å². The molecule has 1 fully saturated rings. The number of aromatic amines is 2. The fourth-order valence-corrected chi connectivity index (χ4v) is 5.32. The number of nitrogens with zero attached hydrogens (tertiary/aromatic N) is 5. The van der Waals surface area contributed by atoms with Gasteiger partial charge < -0.3 is 15.6 Å². The van der Waals surface area contributed by atoms with Crippen molar-refractivity contribution < 1.29 is 4.39 Å². The van der Waals surface area contributed by atoms with Crippen molar-refractivity contribution >= 4 is 39.0 Å². The van der Waals surface area contributed by atoms with Gasteiger partial charge in [-0.15, -0.1) is 11.3 Å². The Bertz CT molecular complexity index is 1710. The number of benzene rings is 1. The van der Waals surface area contributed by atoms with Gasteiger partial charge in [0.1, 0.15) is 17.2 Å². The summed E-state index contributed by atoms with van der Waals surface area (Å²) < 4.78 is 13.7. The molecule has 1 saturated heterocycles. The van der Waals surface area contributed by atoms with E-state index in [4.69, 9.17) is 10.7 Å². The van der Waals surface area contributed by atoms with E-state index in [0.29, 0.717) is 11.4 Å². The maximum absolute atomic E-state index is 13.7. The van der Waals surface area contributed by atoms with Crippen molar-refractivity contribution in [1.82, 2.24) is 30.1 Å². The van der Waals surface area contributed by atoms with Crippen LogP contribution in [0.25, 0.3) is 55.0 Å². The quantitative estimate of drug-likeness (QED) is 0.339. The average molecular weight is 483 g/mol. The van der Waals surface area contributed by atoms with Crippen LogP contribution in [0.3, 0.4) is 0 Å². The number of halogens is 1. The summed E-state index contributed by atoms with van der Waals surface area (Å²) in [6, 6.07) is 13.5. The molecule has 0 saturated carbocycles. The SMILES string of the molecule is NC1CN(c2cncc(-c3cc4c(-c5cc6c(-c7ccc(F)s7)cccc6[nH]5)n[nH]c4cn3)n2)C1. The molecule has 8 nitrogen and oxygen atoms in total. The van der Waals surface area contributed by atoms with E-state index in [9.17, 15) is 4.39 Å². The van der Waals surface area contributed by atoms with E-state index >= 15 is 0 Å². The van der Waals surface area contributed by atoms with E-state index in [1.54, 1.807) is 18.6 Å². The third-order valence-corrected chi connectivity index (χ3v) is 7.23. The second kappa shape index (κ2) is 7.69. The molecule has 0 bridgehead atoms. The highest BCUT2D eigenvalue weighted by molar-refractivity contribution is 7.14. The van der Waals surface area contributed by atoms with E-state index in [0.717, 1.165) is 73.9 Å². The zero-order chi connectivity index (χ0) is 23.5. The van der Waals surface area contributed by atoms with Gasteiger partial charge in [0.15, 0.2) is 5.13 Å². The minimum absolute atomic E-state index is 0.180. The first-order valence-corrected chi connectivity index (χ1v) is 12.0. The van der Waals surface area contributed by atoms with Gasteiger partial charge in [-0.05, 0) is 30.3 Å². The molecule has 35 heavy (non-hydrogen) atoms. The number of aromatic nitrogens is 6. The van der Waals surface area contributed by atoms with Crippen LogP contribution >= 0.6 is 11.3 Å². The number of hydrogen-bond acceptors (Lipinski definition) is 7. The number of nitrogens with one attached hydrogen (secondary N) is 2. The number of anilines is 1. The van der Waals surface area contributed by atoms with Crippen LogP contribution < -0.4 is 10.6 Å². The Morgan fingerprint density at radius 3 is 2.74 bits per heavy atom. The van der Waals surface area contributed by atoms with Crippen LogP contribution in [-0.2, 0) is 0 Å². The topological polar surface area (TPSA) is 112 Å². The lowest BCUT2D eigenvalue weighted by molar-refractivity contribution is 0.514. The Morgan fingerprint density at radius 2 is 1.91 bits per heavy atom. The lowest BCUT2D eigenvalue weighted by Crippen LogP contribution is -2.56. The highest BCUT2D eigenvalue weighted by Gasteiger charge is 2.25. The summed E-state index contributed by atoms with van der Waals surface area (Å²) in [4.78, 5) is 20.2. The number of H-pyrrole nitrogens is 2. The van der Waals surface area contributed by atoms with Crippen molar-refractivity contribution in [2.24, 2.45) is 5.73 Å². The van der Waals surface area contributed by atoms with E-state index < -0.39 is 0 Å². The van der Waals surface area contributed by atoms with Crippen molar-refractivity contribution in [3.8, 4) is 33.2 Å². The Balaban J connectivity index is 1.31. The number of fused-ring (bicyclic) bond motifs is 2. The Hall–Kier alpha value is -4.15. The summed E-state index contributed by atoms with van der Waals surface area (Å²) in [5.41, 5.74) is 11.7. The molecule has 0 amide bonds. The largest absolute Gasteiger partial charge is 0.353 e. The first-order chi connectivity index (χ1) is 17.1. The van der Waals surface area contributed by atoms with Crippen molar-refractivity contribution in [3.05, 3.63) is 66.2 Å². The first kappa shape index (κ1) is 20.2. The predicted molar refractivity (Wildman–Crippen MR) is 136 cm³/mol. The molecule has 0 spiro atoms. The molecule has 6 aromatic rings. The smallest absolute Gasteiger partial charge is 0.176 e. The highest BCUT2D eigenvalue weighted by Crippen LogP contribution is 2.37. The summed E-state index contributed by atoms with van der Waals surface area (Å²) in [6.45, 7) is 1.55. The number of pyridine rings is 1. The number of rotatable bonds is 4. The van der Waals surface area contributed by atoms with Crippen LogP contribution in [0.2, 0.25) is 0 Å². The van der Waals surface area contributed by atoms with E-state index in [2.05, 4.69) is 36.1 Å². The second-order valence-corrected chi connectivity index (χ2v) is 9.70. The van der Waals surface area contributed by atoms with Gasteiger partial charge in [0.05, 0.1) is 35.5 Å². The molecular weight excluding hydrogens is 463 g/mol. The Labute approximate surface area is 202 Å². The standard InChI is InChI=1S/C25H19FN8S/c26-23-5-4-22(35-23)14-2-1-3-17-15(14)6-19(30-17)25-16-7-18(29-9-20(16)32-33-25)21-8-28-10-24(31-21)34-11-13(27)12-34/h1-10,13,30H,11-12,27H2,(H,32,33). The predicted octanol–water partition coefficient (Wildman–Crippen LogP) is 4.58. The molecule has 0 radical (unpaired) electrons. The molecule has 0 atom stereocenters. The molecule has 4 N–H and O–H groups in total. The minimum Gasteiger partial charge on any atom is -0.353 e. The second-order valence-electron chi connectivity index (χ2n) is 8.67. The summed E-state index contributed by atoms with van der Waals surface area (Å²) in [6.07, 6.45) is 5.23. The minimum atomic E-state index is -0.199.